The second-order valence-electron chi connectivity index (χ2n) is 13.1. The van der Waals surface area contributed by atoms with Gasteiger partial charge in [0.25, 0.3) is 5.92 Å². The van der Waals surface area contributed by atoms with E-state index in [-0.39, 0.29) is 11.1 Å². The van der Waals surface area contributed by atoms with E-state index in [2.05, 4.69) is 55.6 Å². The Labute approximate surface area is 278 Å². The highest BCUT2D eigenvalue weighted by atomic mass is 28.3. The van der Waals surface area contributed by atoms with Crippen LogP contribution in [0.15, 0.2) is 140 Å². The first-order valence-corrected chi connectivity index (χ1v) is 19.1. The number of fused-ring (bicyclic) bond motifs is 6. The molecule has 0 bridgehead atoms. The van der Waals surface area contributed by atoms with Gasteiger partial charge in [-0.25, -0.2) is 15.0 Å². The molecule has 230 valence electrons. The van der Waals surface area contributed by atoms with Crippen LogP contribution in [-0.2, 0) is 5.92 Å². The zero-order valence-electron chi connectivity index (χ0n) is 26.4. The summed E-state index contributed by atoms with van der Waals surface area (Å²) >= 11 is 0. The molecule has 0 amide bonds. The van der Waals surface area contributed by atoms with Gasteiger partial charge in [-0.1, -0.05) is 134 Å². The molecule has 2 heterocycles. The van der Waals surface area contributed by atoms with Crippen LogP contribution in [0.5, 0.6) is 0 Å². The van der Waals surface area contributed by atoms with Gasteiger partial charge >= 0.3 is 0 Å². The summed E-state index contributed by atoms with van der Waals surface area (Å²) in [5.41, 5.74) is 7.87. The Hall–Kier alpha value is -5.59. The molecule has 7 aromatic rings. The van der Waals surface area contributed by atoms with Gasteiger partial charge in [0.15, 0.2) is 17.5 Å². The van der Waals surface area contributed by atoms with Crippen molar-refractivity contribution in [3.63, 3.8) is 0 Å². The fourth-order valence-corrected chi connectivity index (χ4v) is 10.5. The van der Waals surface area contributed by atoms with Gasteiger partial charge in [0.2, 0.25) is 0 Å². The number of hydrogen-bond acceptors (Lipinski definition) is 3. The highest BCUT2D eigenvalue weighted by molar-refractivity contribution is 7.03. The Morgan fingerprint density at radius 3 is 1.46 bits per heavy atom. The minimum atomic E-state index is -3.11. The molecule has 48 heavy (non-hydrogen) atoms. The van der Waals surface area contributed by atoms with Crippen LogP contribution in [-0.4, -0.2) is 23.0 Å². The molecule has 2 aliphatic rings. The summed E-state index contributed by atoms with van der Waals surface area (Å²) in [7, 11) is -1.79. The van der Waals surface area contributed by atoms with E-state index in [9.17, 15) is 0 Å². The van der Waals surface area contributed by atoms with Gasteiger partial charge in [-0.15, -0.1) is 0 Å². The quantitative estimate of drug-likeness (QED) is 0.180. The van der Waals surface area contributed by atoms with Crippen molar-refractivity contribution in [1.82, 2.24) is 15.0 Å². The summed E-state index contributed by atoms with van der Waals surface area (Å²) < 4.78 is 31.9. The van der Waals surface area contributed by atoms with Crippen LogP contribution < -0.4 is 10.4 Å². The molecule has 9 rings (SSSR count). The minimum Gasteiger partial charge on any atom is -0.208 e. The Morgan fingerprint density at radius 1 is 0.417 bits per heavy atom. The van der Waals surface area contributed by atoms with Crippen LogP contribution in [0.2, 0.25) is 13.1 Å². The molecule has 0 saturated heterocycles. The van der Waals surface area contributed by atoms with E-state index in [1.807, 2.05) is 78.9 Å². The van der Waals surface area contributed by atoms with Gasteiger partial charge in [0, 0.05) is 27.8 Å². The molecule has 0 radical (unpaired) electrons. The first kappa shape index (κ1) is 28.6. The third-order valence-electron chi connectivity index (χ3n) is 9.88. The SMILES string of the molecule is C[Si]1(C)c2ccccc2-c2cc(-c3ccc4c(c3)-c3cc(-c5nc(-c6ccccc6)nc(-c6ccccc6)n5)ccc3C4(F)F)ccc21. The fraction of sp³-hybridized carbons (Fsp3) is 0.0714. The number of alkyl halides is 2. The summed E-state index contributed by atoms with van der Waals surface area (Å²) in [6, 6.07) is 45.1. The van der Waals surface area contributed by atoms with Crippen molar-refractivity contribution in [2.24, 2.45) is 0 Å². The molecule has 0 unspecified atom stereocenters. The molecular weight excluding hydrogens is 613 g/mol. The van der Waals surface area contributed by atoms with Crippen LogP contribution in [0, 0.1) is 0 Å². The predicted octanol–water partition coefficient (Wildman–Crippen LogP) is 9.46. The molecule has 6 aromatic carbocycles. The maximum atomic E-state index is 16.0. The van der Waals surface area contributed by atoms with E-state index in [1.54, 1.807) is 12.1 Å². The third-order valence-corrected chi connectivity index (χ3v) is 13.4. The summed E-state index contributed by atoms with van der Waals surface area (Å²) in [5, 5.41) is 2.86. The summed E-state index contributed by atoms with van der Waals surface area (Å²) in [6.07, 6.45) is 0. The average Bonchev–Trinajstić information content (AvgIpc) is 3.50. The minimum absolute atomic E-state index is 0.00495. The Kier molecular flexibility index (Phi) is 6.23. The molecule has 6 heteroatoms. The Morgan fingerprint density at radius 2 is 0.854 bits per heavy atom. The zero-order valence-corrected chi connectivity index (χ0v) is 27.4. The van der Waals surface area contributed by atoms with Crippen LogP contribution in [0.25, 0.3) is 67.5 Å². The van der Waals surface area contributed by atoms with Crippen molar-refractivity contribution >= 4 is 18.4 Å². The van der Waals surface area contributed by atoms with E-state index in [1.165, 1.54) is 27.6 Å². The molecular formula is C42H29F2N3Si. The zero-order chi connectivity index (χ0) is 32.6. The van der Waals surface area contributed by atoms with Gasteiger partial charge < -0.3 is 0 Å². The molecule has 0 N–H and O–H groups in total. The van der Waals surface area contributed by atoms with Crippen molar-refractivity contribution < 1.29 is 8.78 Å². The molecule has 0 saturated carbocycles. The van der Waals surface area contributed by atoms with Gasteiger partial charge in [-0.3, -0.25) is 0 Å². The number of nitrogens with zero attached hydrogens (tertiary/aromatic N) is 3. The van der Waals surface area contributed by atoms with Gasteiger partial charge in [-0.2, -0.15) is 8.78 Å². The predicted molar refractivity (Wildman–Crippen MR) is 192 cm³/mol. The lowest BCUT2D eigenvalue weighted by Gasteiger charge is -2.18. The van der Waals surface area contributed by atoms with E-state index < -0.39 is 14.0 Å². The highest BCUT2D eigenvalue weighted by Gasteiger charge is 2.44. The van der Waals surface area contributed by atoms with Crippen molar-refractivity contribution in [3.05, 3.63) is 151 Å². The molecule has 0 fully saturated rings. The second kappa shape index (κ2) is 10.5. The Bertz CT molecular complexity index is 2350. The van der Waals surface area contributed by atoms with Gasteiger partial charge in [-0.05, 0) is 62.0 Å². The molecule has 0 atom stereocenters. The van der Waals surface area contributed by atoms with Crippen molar-refractivity contribution in [2.45, 2.75) is 19.0 Å². The highest BCUT2D eigenvalue weighted by Crippen LogP contribution is 2.52. The largest absolute Gasteiger partial charge is 0.299 e. The van der Waals surface area contributed by atoms with Gasteiger partial charge in [0.1, 0.15) is 8.07 Å². The third kappa shape index (κ3) is 4.33. The van der Waals surface area contributed by atoms with E-state index in [0.29, 0.717) is 34.2 Å². The van der Waals surface area contributed by atoms with Crippen molar-refractivity contribution in [3.8, 4) is 67.5 Å². The second-order valence-corrected chi connectivity index (χ2v) is 17.4. The van der Waals surface area contributed by atoms with Crippen LogP contribution in [0.4, 0.5) is 8.78 Å². The molecule has 1 aromatic heterocycles. The number of benzene rings is 6. The van der Waals surface area contributed by atoms with Crippen LogP contribution in [0.1, 0.15) is 11.1 Å². The number of halogens is 2. The maximum Gasteiger partial charge on any atom is 0.299 e. The number of rotatable bonds is 4. The number of aromatic nitrogens is 3. The van der Waals surface area contributed by atoms with E-state index >= 15 is 8.78 Å². The summed E-state index contributed by atoms with van der Waals surface area (Å²) in [6.45, 7) is 4.78. The lowest BCUT2D eigenvalue weighted by atomic mass is 9.95. The molecule has 3 nitrogen and oxygen atoms in total. The summed E-state index contributed by atoms with van der Waals surface area (Å²) in [5.74, 6) is -1.63. The van der Waals surface area contributed by atoms with Crippen LogP contribution >= 0.6 is 0 Å². The maximum absolute atomic E-state index is 16.0. The summed E-state index contributed by atoms with van der Waals surface area (Å²) in [4.78, 5) is 14.5. The molecule has 1 aliphatic carbocycles. The van der Waals surface area contributed by atoms with E-state index in [0.717, 1.165) is 22.3 Å². The first-order chi connectivity index (χ1) is 23.3. The molecule has 1 aliphatic heterocycles. The van der Waals surface area contributed by atoms with Crippen LogP contribution in [0.3, 0.4) is 0 Å². The smallest absolute Gasteiger partial charge is 0.208 e. The monoisotopic (exact) mass is 641 g/mol. The lowest BCUT2D eigenvalue weighted by molar-refractivity contribution is 0.0480. The molecule has 0 spiro atoms. The van der Waals surface area contributed by atoms with E-state index in [4.69, 9.17) is 15.0 Å². The first-order valence-electron chi connectivity index (χ1n) is 16.1. The average molecular weight is 642 g/mol. The normalized spacial score (nSPS) is 14.6. The van der Waals surface area contributed by atoms with Crippen molar-refractivity contribution in [2.75, 3.05) is 0 Å². The fourth-order valence-electron chi connectivity index (χ4n) is 7.38. The standard InChI is InChI=1S/C42H29F2N3Si/c1-48(2)37-16-10-9-15-31(37)34-24-29(19-22-38(34)48)28-17-20-35-32(23-28)33-25-30(18-21-36(33)42(35,43)44)41-46-39(26-11-5-3-6-12-26)45-40(47-41)27-13-7-4-8-14-27/h3-25H,1-2H3. The topological polar surface area (TPSA) is 38.7 Å². The van der Waals surface area contributed by atoms with Crippen molar-refractivity contribution in [1.29, 1.82) is 0 Å². The number of hydrogen-bond donors (Lipinski definition) is 0. The Balaban J connectivity index is 1.17. The van der Waals surface area contributed by atoms with Gasteiger partial charge in [0.05, 0.1) is 0 Å². The lowest BCUT2D eigenvalue weighted by Crippen LogP contribution is -2.49.